The molecule has 2 aliphatic rings. The first-order valence-corrected chi connectivity index (χ1v) is 19.5. The van der Waals surface area contributed by atoms with Crippen molar-refractivity contribution in [3.05, 3.63) is 108 Å². The number of hydrogen-bond acceptors (Lipinski definition) is 11. The third kappa shape index (κ3) is 11.1. The van der Waals surface area contributed by atoms with Crippen molar-refractivity contribution in [2.24, 2.45) is 11.8 Å². The summed E-state index contributed by atoms with van der Waals surface area (Å²) in [4.78, 5) is 57.3. The second-order valence-corrected chi connectivity index (χ2v) is 14.1. The van der Waals surface area contributed by atoms with E-state index in [0.717, 1.165) is 60.5 Å². The molecule has 3 amide bonds. The highest BCUT2D eigenvalue weighted by Gasteiger charge is 2.30. The highest BCUT2D eigenvalue weighted by molar-refractivity contribution is 5.93. The molecule has 2 saturated heterocycles. The van der Waals surface area contributed by atoms with Crippen LogP contribution in [0.15, 0.2) is 91.0 Å². The highest BCUT2D eigenvalue weighted by Crippen LogP contribution is 2.31. The molecule has 3 N–H and O–H groups in total. The number of para-hydroxylation sites is 2. The zero-order valence-electron chi connectivity index (χ0n) is 33.4. The van der Waals surface area contributed by atoms with Crippen LogP contribution in [0.5, 0.6) is 11.5 Å². The van der Waals surface area contributed by atoms with Gasteiger partial charge in [0.2, 0.25) is 11.8 Å². The van der Waals surface area contributed by atoms with Crippen LogP contribution in [-0.2, 0) is 20.9 Å². The molecule has 14 heteroatoms. The Morgan fingerprint density at radius 3 is 1.79 bits per heavy atom. The summed E-state index contributed by atoms with van der Waals surface area (Å²) < 4.78 is 16.3. The van der Waals surface area contributed by atoms with E-state index in [1.165, 1.54) is 0 Å². The monoisotopic (exact) mass is 786 g/mol. The average Bonchev–Trinajstić information content (AvgIpc) is 3.26. The van der Waals surface area contributed by atoms with Crippen molar-refractivity contribution >= 4 is 29.5 Å². The van der Waals surface area contributed by atoms with Gasteiger partial charge in [-0.25, -0.2) is 24.7 Å². The van der Waals surface area contributed by atoms with Gasteiger partial charge in [-0.1, -0.05) is 54.6 Å². The van der Waals surface area contributed by atoms with Crippen molar-refractivity contribution in [1.82, 2.24) is 30.2 Å². The minimum atomic E-state index is -0.405. The maximum absolute atomic E-state index is 13.0. The number of benzene rings is 3. The van der Waals surface area contributed by atoms with E-state index in [0.29, 0.717) is 54.2 Å². The third-order valence-corrected chi connectivity index (χ3v) is 9.87. The number of nitrogens with one attached hydrogen (secondary N) is 3. The molecule has 2 atom stereocenters. The number of likely N-dealkylation sites (tertiary alicyclic amines) is 1. The number of amides is 3. The first-order valence-electron chi connectivity index (χ1n) is 19.5. The molecule has 0 saturated carbocycles. The van der Waals surface area contributed by atoms with E-state index >= 15 is 0 Å². The molecule has 2 unspecified atom stereocenters. The molecule has 0 bridgehead atoms. The zero-order valence-corrected chi connectivity index (χ0v) is 33.4. The lowest BCUT2D eigenvalue weighted by atomic mass is 9.97. The van der Waals surface area contributed by atoms with Gasteiger partial charge in [0, 0.05) is 42.9 Å². The van der Waals surface area contributed by atoms with Gasteiger partial charge < -0.3 is 35.1 Å². The van der Waals surface area contributed by atoms with Crippen LogP contribution in [0.3, 0.4) is 0 Å². The Balaban J connectivity index is 0.000000208. The maximum atomic E-state index is 13.0. The fourth-order valence-electron chi connectivity index (χ4n) is 6.95. The number of methoxy groups -OCH3 is 2. The van der Waals surface area contributed by atoms with Gasteiger partial charge in [-0.15, -0.1) is 0 Å². The largest absolute Gasteiger partial charge is 0.496 e. The number of carbonyl (C=O) groups excluding carboxylic acids is 3. The molecule has 5 aromatic rings. The number of piperidine rings is 2. The van der Waals surface area contributed by atoms with Crippen LogP contribution in [0.1, 0.15) is 42.9 Å². The van der Waals surface area contributed by atoms with E-state index in [1.54, 1.807) is 38.2 Å². The van der Waals surface area contributed by atoms with Crippen LogP contribution in [0.2, 0.25) is 0 Å². The summed E-state index contributed by atoms with van der Waals surface area (Å²) in [5.41, 5.74) is 4.01. The van der Waals surface area contributed by atoms with Gasteiger partial charge in [-0.3, -0.25) is 9.59 Å². The molecule has 0 radical (unpaired) electrons. The van der Waals surface area contributed by atoms with Crippen LogP contribution < -0.4 is 25.4 Å². The number of nitrogens with zero attached hydrogens (tertiary/aromatic N) is 5. The predicted molar refractivity (Wildman–Crippen MR) is 221 cm³/mol. The standard InChI is InChI=1S/C26H28N4O4.C18H22N4O2/c1-18-27-22(21-12-6-7-13-23(21)33-2)15-24(28-18)29-25(31)20-11-8-14-30(16-20)26(32)34-17-19-9-4-3-5-10-19;1-12-20-15(14-7-3-4-8-16(14)24-2)10-17(21-12)22-18(23)13-6-5-9-19-11-13/h3-7,9-10,12-13,15,20H,8,11,14,16-17H2,1-2H3,(H,27,28,29,31);3-4,7-8,10,13,19H,5-6,9,11H2,1-2H3,(H,20,21,22,23). The summed E-state index contributed by atoms with van der Waals surface area (Å²) in [6.45, 7) is 6.38. The Morgan fingerprint density at radius 1 is 0.707 bits per heavy atom. The number of carbonyl (C=O) groups is 3. The topological polar surface area (TPSA) is 170 Å². The quantitative estimate of drug-likeness (QED) is 0.135. The maximum Gasteiger partial charge on any atom is 0.410 e. The normalized spacial score (nSPS) is 16.2. The van der Waals surface area contributed by atoms with Crippen molar-refractivity contribution in [3.8, 4) is 34.0 Å². The fraction of sp³-hybridized carbons (Fsp3) is 0.341. The van der Waals surface area contributed by atoms with Gasteiger partial charge in [0.05, 0.1) is 37.4 Å². The van der Waals surface area contributed by atoms with Crippen LogP contribution in [0, 0.1) is 25.7 Å². The smallest absolute Gasteiger partial charge is 0.410 e. The minimum absolute atomic E-state index is 0.00581. The number of rotatable bonds is 10. The molecule has 58 heavy (non-hydrogen) atoms. The van der Waals surface area contributed by atoms with E-state index in [2.05, 4.69) is 35.9 Å². The summed E-state index contributed by atoms with van der Waals surface area (Å²) >= 11 is 0. The molecule has 7 rings (SSSR count). The summed E-state index contributed by atoms with van der Waals surface area (Å²) in [5.74, 6) is 2.99. The van der Waals surface area contributed by atoms with Gasteiger partial charge in [0.1, 0.15) is 41.4 Å². The molecule has 0 aliphatic carbocycles. The van der Waals surface area contributed by atoms with Crippen molar-refractivity contribution in [2.45, 2.75) is 46.1 Å². The lowest BCUT2D eigenvalue weighted by molar-refractivity contribution is -0.121. The van der Waals surface area contributed by atoms with Gasteiger partial charge in [-0.2, -0.15) is 0 Å². The van der Waals surface area contributed by atoms with Gasteiger partial charge in [-0.05, 0) is 75.9 Å². The van der Waals surface area contributed by atoms with Gasteiger partial charge in [0.25, 0.3) is 0 Å². The average molecular weight is 787 g/mol. The fourth-order valence-corrected chi connectivity index (χ4v) is 6.95. The predicted octanol–water partition coefficient (Wildman–Crippen LogP) is 6.85. The van der Waals surface area contributed by atoms with E-state index in [-0.39, 0.29) is 30.3 Å². The van der Waals surface area contributed by atoms with Crippen molar-refractivity contribution < 1.29 is 28.6 Å². The second-order valence-electron chi connectivity index (χ2n) is 14.1. The van der Waals surface area contributed by atoms with Crippen LogP contribution in [-0.4, -0.2) is 83.1 Å². The first kappa shape index (κ1) is 41.2. The summed E-state index contributed by atoms with van der Waals surface area (Å²) in [6, 6.07) is 28.3. The number of hydrogen-bond donors (Lipinski definition) is 3. The van der Waals surface area contributed by atoms with Gasteiger partial charge in [0.15, 0.2) is 0 Å². The van der Waals surface area contributed by atoms with Crippen molar-refractivity contribution in [3.63, 3.8) is 0 Å². The first-order chi connectivity index (χ1) is 28.2. The summed E-state index contributed by atoms with van der Waals surface area (Å²) in [7, 11) is 3.24. The number of aryl methyl sites for hydroxylation is 2. The molecule has 302 valence electrons. The van der Waals surface area contributed by atoms with E-state index in [1.807, 2.05) is 85.8 Å². The van der Waals surface area contributed by atoms with Crippen LogP contribution in [0.4, 0.5) is 16.4 Å². The molecular formula is C44H50N8O6. The van der Waals surface area contributed by atoms with E-state index in [4.69, 9.17) is 14.2 Å². The molecule has 3 aromatic carbocycles. The van der Waals surface area contributed by atoms with Crippen molar-refractivity contribution in [2.75, 3.05) is 51.0 Å². The minimum Gasteiger partial charge on any atom is -0.496 e. The lowest BCUT2D eigenvalue weighted by Crippen LogP contribution is -2.44. The molecule has 2 aromatic heterocycles. The Hall–Kier alpha value is -6.41. The zero-order chi connectivity index (χ0) is 40.9. The van der Waals surface area contributed by atoms with Crippen LogP contribution in [0.25, 0.3) is 22.5 Å². The molecule has 4 heterocycles. The number of aromatic nitrogens is 4. The molecule has 0 spiro atoms. The van der Waals surface area contributed by atoms with Gasteiger partial charge >= 0.3 is 6.09 Å². The second kappa shape index (κ2) is 20.1. The number of anilines is 2. The lowest BCUT2D eigenvalue weighted by Gasteiger charge is -2.31. The molecular weight excluding hydrogens is 737 g/mol. The van der Waals surface area contributed by atoms with E-state index < -0.39 is 6.09 Å². The Morgan fingerprint density at radius 2 is 1.24 bits per heavy atom. The molecule has 2 fully saturated rings. The highest BCUT2D eigenvalue weighted by atomic mass is 16.6. The number of ether oxygens (including phenoxy) is 3. The Bertz CT molecular complexity index is 2180. The molecule has 14 nitrogen and oxygen atoms in total. The van der Waals surface area contributed by atoms with E-state index in [9.17, 15) is 14.4 Å². The SMILES string of the molecule is COc1ccccc1-c1cc(NC(=O)C2CCCN(C(=O)OCc3ccccc3)C2)nc(C)n1.COc1ccccc1-c1cc(NC(=O)C2CCCNC2)nc(C)n1. The molecule has 2 aliphatic heterocycles. The summed E-state index contributed by atoms with van der Waals surface area (Å²) in [5, 5.41) is 9.09. The Kier molecular flexibility index (Phi) is 14.3. The summed E-state index contributed by atoms with van der Waals surface area (Å²) in [6.07, 6.45) is 2.94. The Labute approximate surface area is 338 Å². The van der Waals surface area contributed by atoms with Crippen LogP contribution >= 0.6 is 0 Å². The van der Waals surface area contributed by atoms with Crippen molar-refractivity contribution in [1.29, 1.82) is 0 Å². The third-order valence-electron chi connectivity index (χ3n) is 9.87.